The van der Waals surface area contributed by atoms with Gasteiger partial charge in [-0.25, -0.2) is 10.8 Å². The lowest BCUT2D eigenvalue weighted by atomic mass is 9.95. The molecule has 3 rings (SSSR count). The molecule has 1 aliphatic carbocycles. The minimum atomic E-state index is 0.449. The SMILES string of the molecule is N/C(=C\N(N)CCCNCCCNC1CCCCC1)CNc1nccc(N2CCNCC2)n1. The van der Waals surface area contributed by atoms with Gasteiger partial charge < -0.3 is 36.9 Å². The summed E-state index contributed by atoms with van der Waals surface area (Å²) in [5.74, 6) is 7.59. The molecule has 0 atom stereocenters. The molecule has 186 valence electrons. The van der Waals surface area contributed by atoms with Gasteiger partial charge in [0.25, 0.3) is 0 Å². The fourth-order valence-electron chi connectivity index (χ4n) is 4.35. The second kappa shape index (κ2) is 14.9. The molecular weight excluding hydrogens is 416 g/mol. The number of aromatic nitrogens is 2. The zero-order valence-corrected chi connectivity index (χ0v) is 20.1. The van der Waals surface area contributed by atoms with E-state index in [-0.39, 0.29) is 0 Å². The third-order valence-corrected chi connectivity index (χ3v) is 6.20. The summed E-state index contributed by atoms with van der Waals surface area (Å²) in [5, 5.41) is 15.4. The number of nitrogens with one attached hydrogen (secondary N) is 4. The summed E-state index contributed by atoms with van der Waals surface area (Å²) in [5.41, 5.74) is 6.78. The number of hydrazine groups is 1. The predicted octanol–water partition coefficient (Wildman–Crippen LogP) is 0.566. The Morgan fingerprint density at radius 3 is 2.76 bits per heavy atom. The highest BCUT2D eigenvalue weighted by molar-refractivity contribution is 5.43. The number of hydrogen-bond acceptors (Lipinski definition) is 10. The summed E-state index contributed by atoms with van der Waals surface area (Å²) in [6, 6.07) is 2.69. The summed E-state index contributed by atoms with van der Waals surface area (Å²) >= 11 is 0. The van der Waals surface area contributed by atoms with E-state index in [0.29, 0.717) is 18.2 Å². The van der Waals surface area contributed by atoms with Gasteiger partial charge in [-0.1, -0.05) is 19.3 Å². The average Bonchev–Trinajstić information content (AvgIpc) is 2.86. The van der Waals surface area contributed by atoms with Crippen molar-refractivity contribution >= 4 is 11.8 Å². The van der Waals surface area contributed by atoms with Crippen molar-refractivity contribution in [3.8, 4) is 0 Å². The maximum absolute atomic E-state index is 6.13. The Labute approximate surface area is 198 Å². The molecule has 1 saturated heterocycles. The molecule has 1 aliphatic heterocycles. The van der Waals surface area contributed by atoms with Gasteiger partial charge in [0.1, 0.15) is 5.82 Å². The van der Waals surface area contributed by atoms with Gasteiger partial charge in [-0.15, -0.1) is 0 Å². The van der Waals surface area contributed by atoms with E-state index in [9.17, 15) is 0 Å². The summed E-state index contributed by atoms with van der Waals surface area (Å²) in [4.78, 5) is 11.2. The maximum Gasteiger partial charge on any atom is 0.224 e. The van der Waals surface area contributed by atoms with Crippen LogP contribution in [0.4, 0.5) is 11.8 Å². The average molecular weight is 461 g/mol. The van der Waals surface area contributed by atoms with Crippen molar-refractivity contribution < 1.29 is 0 Å². The Bertz CT molecular complexity index is 686. The molecule has 1 saturated carbocycles. The van der Waals surface area contributed by atoms with Crippen molar-refractivity contribution in [1.82, 2.24) is 30.9 Å². The molecule has 1 aromatic rings. The van der Waals surface area contributed by atoms with Crippen LogP contribution in [0.25, 0.3) is 0 Å². The van der Waals surface area contributed by atoms with E-state index in [4.69, 9.17) is 11.6 Å². The molecule has 2 aliphatic rings. The van der Waals surface area contributed by atoms with Crippen LogP contribution in [0.3, 0.4) is 0 Å². The first-order valence-corrected chi connectivity index (χ1v) is 12.6. The smallest absolute Gasteiger partial charge is 0.224 e. The molecule has 2 fully saturated rings. The lowest BCUT2D eigenvalue weighted by Crippen LogP contribution is -2.43. The molecule has 0 aromatic carbocycles. The quantitative estimate of drug-likeness (QED) is 0.133. The van der Waals surface area contributed by atoms with Crippen LogP contribution in [0, 0.1) is 0 Å². The Morgan fingerprint density at radius 2 is 1.94 bits per heavy atom. The monoisotopic (exact) mass is 460 g/mol. The Kier molecular flexibility index (Phi) is 11.5. The lowest BCUT2D eigenvalue weighted by Gasteiger charge is -2.28. The van der Waals surface area contributed by atoms with E-state index in [2.05, 4.69) is 36.1 Å². The van der Waals surface area contributed by atoms with Crippen LogP contribution in [0.5, 0.6) is 0 Å². The second-order valence-corrected chi connectivity index (χ2v) is 9.02. The van der Waals surface area contributed by atoms with Crippen LogP contribution in [-0.2, 0) is 0 Å². The summed E-state index contributed by atoms with van der Waals surface area (Å²) in [6.45, 7) is 8.15. The summed E-state index contributed by atoms with van der Waals surface area (Å²) in [7, 11) is 0. The van der Waals surface area contributed by atoms with Gasteiger partial charge in [-0.05, 0) is 51.4 Å². The van der Waals surface area contributed by atoms with Gasteiger partial charge in [-0.3, -0.25) is 0 Å². The van der Waals surface area contributed by atoms with E-state index in [1.54, 1.807) is 17.4 Å². The molecule has 0 spiro atoms. The summed E-state index contributed by atoms with van der Waals surface area (Å²) < 4.78 is 0. The van der Waals surface area contributed by atoms with Crippen LogP contribution in [-0.4, -0.2) is 79.9 Å². The molecule has 0 bridgehead atoms. The number of hydrogen-bond donors (Lipinski definition) is 6. The van der Waals surface area contributed by atoms with Gasteiger partial charge in [0.15, 0.2) is 0 Å². The van der Waals surface area contributed by atoms with E-state index in [1.807, 2.05) is 6.07 Å². The van der Waals surface area contributed by atoms with Crippen molar-refractivity contribution in [2.45, 2.75) is 51.0 Å². The van der Waals surface area contributed by atoms with Gasteiger partial charge in [0.05, 0.1) is 6.54 Å². The van der Waals surface area contributed by atoms with E-state index < -0.39 is 0 Å². The van der Waals surface area contributed by atoms with Crippen LogP contribution in [0.15, 0.2) is 24.2 Å². The van der Waals surface area contributed by atoms with Gasteiger partial charge in [0.2, 0.25) is 5.95 Å². The van der Waals surface area contributed by atoms with Crippen LogP contribution < -0.4 is 37.7 Å². The topological polar surface area (TPSA) is 132 Å². The third kappa shape index (κ3) is 10.1. The molecule has 0 amide bonds. The van der Waals surface area contributed by atoms with Gasteiger partial charge in [0, 0.05) is 56.9 Å². The first kappa shape index (κ1) is 25.5. The van der Waals surface area contributed by atoms with Crippen molar-refractivity contribution in [2.75, 3.05) is 69.1 Å². The molecule has 0 unspecified atom stereocenters. The molecule has 2 heterocycles. The molecule has 0 radical (unpaired) electrons. The molecule has 10 nitrogen and oxygen atoms in total. The van der Waals surface area contributed by atoms with E-state index in [0.717, 1.165) is 70.6 Å². The zero-order chi connectivity index (χ0) is 23.1. The van der Waals surface area contributed by atoms with Crippen molar-refractivity contribution in [3.63, 3.8) is 0 Å². The van der Waals surface area contributed by atoms with Crippen molar-refractivity contribution in [3.05, 3.63) is 24.2 Å². The van der Waals surface area contributed by atoms with Crippen LogP contribution in [0.1, 0.15) is 44.9 Å². The minimum absolute atomic E-state index is 0.449. The lowest BCUT2D eigenvalue weighted by molar-refractivity contribution is 0.366. The fraction of sp³-hybridized carbons (Fsp3) is 0.739. The molecule has 33 heavy (non-hydrogen) atoms. The zero-order valence-electron chi connectivity index (χ0n) is 20.1. The number of rotatable bonds is 14. The fourth-order valence-corrected chi connectivity index (χ4v) is 4.35. The van der Waals surface area contributed by atoms with Crippen LogP contribution >= 0.6 is 0 Å². The number of nitrogens with zero attached hydrogens (tertiary/aromatic N) is 4. The Hall–Kier alpha value is -2.14. The third-order valence-electron chi connectivity index (χ3n) is 6.20. The summed E-state index contributed by atoms with van der Waals surface area (Å²) in [6.07, 6.45) is 12.6. The van der Waals surface area contributed by atoms with Crippen molar-refractivity contribution in [2.24, 2.45) is 11.6 Å². The van der Waals surface area contributed by atoms with Crippen LogP contribution in [0.2, 0.25) is 0 Å². The normalized spacial score (nSPS) is 17.8. The molecular formula is C23H44N10. The van der Waals surface area contributed by atoms with Crippen molar-refractivity contribution in [1.29, 1.82) is 0 Å². The number of piperazine rings is 1. The van der Waals surface area contributed by atoms with Gasteiger partial charge >= 0.3 is 0 Å². The van der Waals surface area contributed by atoms with E-state index >= 15 is 0 Å². The highest BCUT2D eigenvalue weighted by Crippen LogP contribution is 2.17. The Morgan fingerprint density at radius 1 is 1.15 bits per heavy atom. The highest BCUT2D eigenvalue weighted by Gasteiger charge is 2.13. The first-order valence-electron chi connectivity index (χ1n) is 12.6. The molecule has 8 N–H and O–H groups in total. The molecule has 10 heteroatoms. The maximum atomic E-state index is 6.13. The highest BCUT2D eigenvalue weighted by atomic mass is 15.4. The standard InChI is InChI=1S/C23H44N10/c24-20(18-30-23-29-12-8-22(31-23)32-16-13-27-14-17-32)19-33(25)15-5-10-26-9-4-11-28-21-6-2-1-3-7-21/h8,12,19,21,26-28H,1-7,9-11,13-18,24-25H2,(H,29,30,31)/b20-19-. The first-order chi connectivity index (χ1) is 16.2. The number of nitrogens with two attached hydrogens (primary N) is 2. The Balaban J connectivity index is 1.23. The van der Waals surface area contributed by atoms with E-state index in [1.165, 1.54) is 38.5 Å². The minimum Gasteiger partial charge on any atom is -0.399 e. The number of anilines is 2. The predicted molar refractivity (Wildman–Crippen MR) is 136 cm³/mol. The largest absolute Gasteiger partial charge is 0.399 e. The molecule has 1 aromatic heterocycles. The second-order valence-electron chi connectivity index (χ2n) is 9.02. The van der Waals surface area contributed by atoms with Gasteiger partial charge in [-0.2, -0.15) is 4.98 Å².